The lowest BCUT2D eigenvalue weighted by atomic mass is 9.98. The van der Waals surface area contributed by atoms with Crippen LogP contribution >= 0.6 is 0 Å². The Morgan fingerprint density at radius 2 is 1.90 bits per heavy atom. The summed E-state index contributed by atoms with van der Waals surface area (Å²) in [6.45, 7) is 3.49. The van der Waals surface area contributed by atoms with Crippen LogP contribution < -0.4 is 5.73 Å². The highest BCUT2D eigenvalue weighted by atomic mass is 16.5. The number of esters is 1. The molecule has 0 unspecified atom stereocenters. The summed E-state index contributed by atoms with van der Waals surface area (Å²) in [7, 11) is 3.90. The first-order chi connectivity index (χ1) is 10.0. The fourth-order valence-corrected chi connectivity index (χ4v) is 2.00. The van der Waals surface area contributed by atoms with Crippen molar-refractivity contribution in [3.05, 3.63) is 47.0 Å². The molecule has 2 N–H and O–H groups in total. The third-order valence-corrected chi connectivity index (χ3v) is 3.31. The number of likely N-dealkylation sites (N-methyl/N-ethyl adjacent to an activating group) is 1. The molecule has 1 rings (SSSR count). The molecule has 116 valence electrons. The molecule has 0 saturated heterocycles. The summed E-state index contributed by atoms with van der Waals surface area (Å²) in [6.07, 6.45) is 1.45. The van der Waals surface area contributed by atoms with Crippen molar-refractivity contribution in [3.8, 4) is 0 Å². The van der Waals surface area contributed by atoms with E-state index in [-0.39, 0.29) is 5.97 Å². The second-order valence-electron chi connectivity index (χ2n) is 5.37. The van der Waals surface area contributed by atoms with Crippen LogP contribution in [-0.2, 0) is 16.0 Å². The molecule has 0 heterocycles. The van der Waals surface area contributed by atoms with E-state index in [2.05, 4.69) is 12.1 Å². The van der Waals surface area contributed by atoms with Crippen LogP contribution in [0.1, 0.15) is 18.9 Å². The minimum Gasteiger partial charge on any atom is -0.461 e. The Balaban J connectivity index is 2.73. The van der Waals surface area contributed by atoms with Crippen molar-refractivity contribution >= 4 is 5.97 Å². The standard InChI is InChI=1S/C17H26N2O2/c1-14(17(20)21-12-11-19(2)3)16(9-10-18)13-15-7-5-4-6-8-15/h4-8H,9-13,18H2,1-3H3. The van der Waals surface area contributed by atoms with Crippen molar-refractivity contribution in [1.29, 1.82) is 0 Å². The van der Waals surface area contributed by atoms with Gasteiger partial charge in [0.1, 0.15) is 6.61 Å². The van der Waals surface area contributed by atoms with Crippen molar-refractivity contribution in [2.75, 3.05) is 33.8 Å². The molecule has 0 aliphatic heterocycles. The van der Waals surface area contributed by atoms with Crippen molar-refractivity contribution in [3.63, 3.8) is 0 Å². The lowest BCUT2D eigenvalue weighted by Crippen LogP contribution is -2.21. The Morgan fingerprint density at radius 3 is 2.48 bits per heavy atom. The Morgan fingerprint density at radius 1 is 1.24 bits per heavy atom. The van der Waals surface area contributed by atoms with Gasteiger partial charge in [0.25, 0.3) is 0 Å². The highest BCUT2D eigenvalue weighted by Crippen LogP contribution is 2.16. The number of hydrogen-bond donors (Lipinski definition) is 1. The van der Waals surface area contributed by atoms with Gasteiger partial charge in [-0.3, -0.25) is 0 Å². The largest absolute Gasteiger partial charge is 0.461 e. The van der Waals surface area contributed by atoms with Crippen LogP contribution in [0, 0.1) is 0 Å². The predicted molar refractivity (Wildman–Crippen MR) is 86.0 cm³/mol. The first-order valence-electron chi connectivity index (χ1n) is 7.29. The van der Waals surface area contributed by atoms with E-state index in [1.807, 2.05) is 44.1 Å². The molecule has 0 saturated carbocycles. The molecule has 4 nitrogen and oxygen atoms in total. The molecule has 0 fully saturated rings. The van der Waals surface area contributed by atoms with Crippen LogP contribution in [0.25, 0.3) is 0 Å². The SMILES string of the molecule is CC(C(=O)OCCN(C)C)=C(CCN)Cc1ccccc1. The molecule has 0 radical (unpaired) electrons. The molecule has 1 aromatic carbocycles. The van der Waals surface area contributed by atoms with E-state index >= 15 is 0 Å². The number of carbonyl (C=O) groups excluding carboxylic acids is 1. The fraction of sp³-hybridized carbons (Fsp3) is 0.471. The molecule has 4 heteroatoms. The summed E-state index contributed by atoms with van der Waals surface area (Å²) in [4.78, 5) is 14.1. The third kappa shape index (κ3) is 6.56. The highest BCUT2D eigenvalue weighted by Gasteiger charge is 2.12. The van der Waals surface area contributed by atoms with Gasteiger partial charge in [-0.1, -0.05) is 35.9 Å². The maximum absolute atomic E-state index is 12.1. The van der Waals surface area contributed by atoms with Gasteiger partial charge in [-0.05, 0) is 46.0 Å². The van der Waals surface area contributed by atoms with Crippen LogP contribution in [0.2, 0.25) is 0 Å². The van der Waals surface area contributed by atoms with Crippen LogP contribution in [0.15, 0.2) is 41.5 Å². The number of carbonyl (C=O) groups is 1. The number of ether oxygens (including phenoxy) is 1. The number of benzene rings is 1. The van der Waals surface area contributed by atoms with E-state index in [0.717, 1.165) is 18.5 Å². The monoisotopic (exact) mass is 290 g/mol. The molecule has 0 aromatic heterocycles. The second kappa shape index (κ2) is 9.32. The lowest BCUT2D eigenvalue weighted by molar-refractivity contribution is -0.139. The molecule has 1 aromatic rings. The first-order valence-corrected chi connectivity index (χ1v) is 7.29. The van der Waals surface area contributed by atoms with E-state index in [0.29, 0.717) is 25.1 Å². The van der Waals surface area contributed by atoms with Gasteiger partial charge in [0, 0.05) is 12.1 Å². The summed E-state index contributed by atoms with van der Waals surface area (Å²) < 4.78 is 5.30. The van der Waals surface area contributed by atoms with Crippen LogP contribution in [0.5, 0.6) is 0 Å². The molecule has 0 aliphatic carbocycles. The van der Waals surface area contributed by atoms with E-state index in [4.69, 9.17) is 10.5 Å². The van der Waals surface area contributed by atoms with Crippen LogP contribution in [0.3, 0.4) is 0 Å². The summed E-state index contributed by atoms with van der Waals surface area (Å²) >= 11 is 0. The molecular formula is C17H26N2O2. The molecule has 0 amide bonds. The van der Waals surface area contributed by atoms with Gasteiger partial charge >= 0.3 is 5.97 Å². The van der Waals surface area contributed by atoms with Gasteiger partial charge < -0.3 is 15.4 Å². The summed E-state index contributed by atoms with van der Waals surface area (Å²) in [5.74, 6) is -0.240. The summed E-state index contributed by atoms with van der Waals surface area (Å²) in [5, 5.41) is 0. The van der Waals surface area contributed by atoms with Gasteiger partial charge in [0.05, 0.1) is 0 Å². The highest BCUT2D eigenvalue weighted by molar-refractivity contribution is 5.88. The van der Waals surface area contributed by atoms with Gasteiger partial charge in [-0.15, -0.1) is 0 Å². The van der Waals surface area contributed by atoms with Crippen molar-refractivity contribution in [2.45, 2.75) is 19.8 Å². The Labute approximate surface area is 127 Å². The fourth-order valence-electron chi connectivity index (χ4n) is 2.00. The van der Waals surface area contributed by atoms with Gasteiger partial charge in [0.2, 0.25) is 0 Å². The minimum absolute atomic E-state index is 0.240. The summed E-state index contributed by atoms with van der Waals surface area (Å²) in [6, 6.07) is 10.1. The maximum Gasteiger partial charge on any atom is 0.333 e. The predicted octanol–water partition coefficient (Wildman–Crippen LogP) is 2.00. The zero-order valence-corrected chi connectivity index (χ0v) is 13.3. The molecule has 0 bridgehead atoms. The van der Waals surface area contributed by atoms with E-state index in [1.165, 1.54) is 5.56 Å². The normalized spacial score (nSPS) is 12.2. The second-order valence-corrected chi connectivity index (χ2v) is 5.37. The quantitative estimate of drug-likeness (QED) is 0.588. The average Bonchev–Trinajstić information content (AvgIpc) is 2.46. The van der Waals surface area contributed by atoms with E-state index in [1.54, 1.807) is 0 Å². The van der Waals surface area contributed by atoms with Gasteiger partial charge in [-0.25, -0.2) is 4.79 Å². The zero-order chi connectivity index (χ0) is 15.7. The van der Waals surface area contributed by atoms with Crippen LogP contribution in [-0.4, -0.2) is 44.7 Å². The third-order valence-electron chi connectivity index (χ3n) is 3.31. The average molecular weight is 290 g/mol. The van der Waals surface area contributed by atoms with E-state index < -0.39 is 0 Å². The van der Waals surface area contributed by atoms with Crippen molar-refractivity contribution in [2.24, 2.45) is 5.73 Å². The Bertz CT molecular complexity index is 467. The number of hydrogen-bond acceptors (Lipinski definition) is 4. The molecule has 0 spiro atoms. The van der Waals surface area contributed by atoms with Crippen molar-refractivity contribution in [1.82, 2.24) is 4.90 Å². The Hall–Kier alpha value is -1.65. The molecule has 0 aliphatic rings. The van der Waals surface area contributed by atoms with Crippen molar-refractivity contribution < 1.29 is 9.53 Å². The van der Waals surface area contributed by atoms with E-state index in [9.17, 15) is 4.79 Å². The Kier molecular flexibility index (Phi) is 7.72. The summed E-state index contributed by atoms with van der Waals surface area (Å²) in [5.41, 5.74) is 8.59. The molecule has 0 atom stereocenters. The topological polar surface area (TPSA) is 55.6 Å². The van der Waals surface area contributed by atoms with Gasteiger partial charge in [-0.2, -0.15) is 0 Å². The molecule has 21 heavy (non-hydrogen) atoms. The van der Waals surface area contributed by atoms with Crippen LogP contribution in [0.4, 0.5) is 0 Å². The number of nitrogens with two attached hydrogens (primary N) is 1. The minimum atomic E-state index is -0.240. The number of rotatable bonds is 8. The smallest absolute Gasteiger partial charge is 0.333 e. The van der Waals surface area contributed by atoms with Gasteiger partial charge in [0.15, 0.2) is 0 Å². The molecular weight excluding hydrogens is 264 g/mol. The zero-order valence-electron chi connectivity index (χ0n) is 13.3. The first kappa shape index (κ1) is 17.4. The maximum atomic E-state index is 12.1. The number of nitrogens with zero attached hydrogens (tertiary/aromatic N) is 1. The lowest BCUT2D eigenvalue weighted by Gasteiger charge is -2.13.